The van der Waals surface area contributed by atoms with Crippen LogP contribution in [-0.2, 0) is 30.3 Å². The van der Waals surface area contributed by atoms with Gasteiger partial charge in [-0.05, 0) is 25.8 Å². The van der Waals surface area contributed by atoms with E-state index in [1.54, 1.807) is 6.92 Å². The van der Waals surface area contributed by atoms with Gasteiger partial charge in [-0.3, -0.25) is 4.79 Å². The minimum absolute atomic E-state index is 0.0463. The molecular weight excluding hydrogens is 522 g/mol. The van der Waals surface area contributed by atoms with Crippen molar-refractivity contribution in [2.45, 2.75) is 140 Å². The van der Waals surface area contributed by atoms with Gasteiger partial charge in [0.05, 0.1) is 24.7 Å². The van der Waals surface area contributed by atoms with Crippen LogP contribution in [-0.4, -0.2) is 99.0 Å². The van der Waals surface area contributed by atoms with E-state index < -0.39 is 67.5 Å². The summed E-state index contributed by atoms with van der Waals surface area (Å²) < 4.78 is 23.5. The summed E-state index contributed by atoms with van der Waals surface area (Å²) in [7, 11) is 0. The van der Waals surface area contributed by atoms with Crippen LogP contribution in [0.4, 0.5) is 0 Å². The molecule has 6 N–H and O–H groups in total. The molecule has 2 saturated heterocycles. The van der Waals surface area contributed by atoms with Crippen molar-refractivity contribution in [2.24, 2.45) is 0 Å². The highest BCUT2D eigenvalue weighted by atomic mass is 16.8. The summed E-state index contributed by atoms with van der Waals surface area (Å²) in [5.41, 5.74) is 0.968. The van der Waals surface area contributed by atoms with Crippen molar-refractivity contribution >= 4 is 5.91 Å². The second-order valence-corrected chi connectivity index (χ2v) is 10.9. The molecule has 0 spiro atoms. The number of carbonyl (C=O) groups is 1. The van der Waals surface area contributed by atoms with Crippen molar-refractivity contribution in [3.05, 3.63) is 35.9 Å². The fraction of sp³-hybridized carbons (Fsp3) is 0.759. The van der Waals surface area contributed by atoms with Gasteiger partial charge in [0, 0.05) is 6.54 Å². The Hall–Kier alpha value is -1.67. The minimum atomic E-state index is -1.62. The first kappa shape index (κ1) is 32.8. The van der Waals surface area contributed by atoms with E-state index in [0.29, 0.717) is 13.0 Å². The molecule has 0 saturated carbocycles. The van der Waals surface area contributed by atoms with Gasteiger partial charge in [-0.1, -0.05) is 69.4 Å². The molecule has 1 aromatic rings. The lowest BCUT2D eigenvalue weighted by Gasteiger charge is -2.46. The number of carbonyl (C=O) groups excluding carboxylic acids is 1. The highest BCUT2D eigenvalue weighted by Crippen LogP contribution is 2.31. The number of aliphatic hydroxyl groups is 5. The first-order valence-electron chi connectivity index (χ1n) is 14.4. The number of hydrogen-bond acceptors (Lipinski definition) is 10. The van der Waals surface area contributed by atoms with Crippen LogP contribution in [0.1, 0.15) is 71.3 Å². The molecule has 2 fully saturated rings. The maximum Gasteiger partial charge on any atom is 0.222 e. The van der Waals surface area contributed by atoms with E-state index in [9.17, 15) is 30.3 Å². The standard InChI is InChI=1S/C29H47NO10/c1-4-5-6-7-11-14-20(15-21(31)30-16-19-12-9-8-10-13-19)39-29-27(25(35)23(33)18(3)38-29)40-28-26(36)24(34)22(32)17(2)37-28/h8-10,12-13,17-18,20,22-29,32-36H,4-7,11,14-16H2,1-3H3,(H,30,31)/t17-,18-,20?,22+,23-,24-,25+,26-,27+,28+,29-/m0/s1. The zero-order chi connectivity index (χ0) is 29.2. The van der Waals surface area contributed by atoms with Crippen molar-refractivity contribution in [1.82, 2.24) is 5.32 Å². The van der Waals surface area contributed by atoms with Crippen LogP contribution >= 0.6 is 0 Å². The lowest BCUT2D eigenvalue weighted by Crippen LogP contribution is -2.63. The molecule has 11 atom stereocenters. The van der Waals surface area contributed by atoms with Crippen molar-refractivity contribution in [3.8, 4) is 0 Å². The summed E-state index contributed by atoms with van der Waals surface area (Å²) in [6.07, 6.45) is -7.76. The summed E-state index contributed by atoms with van der Waals surface area (Å²) in [6.45, 7) is 5.61. The number of hydrogen-bond donors (Lipinski definition) is 6. The van der Waals surface area contributed by atoms with E-state index in [-0.39, 0.29) is 12.3 Å². The van der Waals surface area contributed by atoms with Crippen LogP contribution < -0.4 is 5.32 Å². The van der Waals surface area contributed by atoms with Crippen LogP contribution in [0.5, 0.6) is 0 Å². The first-order chi connectivity index (χ1) is 19.1. The van der Waals surface area contributed by atoms with Gasteiger partial charge in [0.15, 0.2) is 12.6 Å². The van der Waals surface area contributed by atoms with E-state index in [0.717, 1.165) is 37.7 Å². The molecule has 2 aliphatic rings. The second-order valence-electron chi connectivity index (χ2n) is 10.9. The van der Waals surface area contributed by atoms with Crippen LogP contribution in [0.25, 0.3) is 0 Å². The molecule has 2 heterocycles. The summed E-state index contributed by atoms with van der Waals surface area (Å²) in [5, 5.41) is 55.0. The first-order valence-corrected chi connectivity index (χ1v) is 14.4. The van der Waals surface area contributed by atoms with Gasteiger partial charge in [0.2, 0.25) is 5.91 Å². The molecule has 3 rings (SSSR count). The number of aliphatic hydroxyl groups excluding tert-OH is 5. The number of nitrogens with one attached hydrogen (secondary N) is 1. The molecule has 1 aromatic carbocycles. The number of rotatable bonds is 14. The zero-order valence-corrected chi connectivity index (χ0v) is 23.7. The third-order valence-electron chi connectivity index (χ3n) is 7.59. The van der Waals surface area contributed by atoms with Gasteiger partial charge in [-0.2, -0.15) is 0 Å². The average Bonchev–Trinajstić information content (AvgIpc) is 2.94. The fourth-order valence-electron chi connectivity index (χ4n) is 5.00. The van der Waals surface area contributed by atoms with Gasteiger partial charge in [-0.25, -0.2) is 0 Å². The molecule has 1 amide bonds. The number of benzene rings is 1. The van der Waals surface area contributed by atoms with Gasteiger partial charge in [0.1, 0.15) is 36.6 Å². The summed E-state index contributed by atoms with van der Waals surface area (Å²) in [6, 6.07) is 9.56. The van der Waals surface area contributed by atoms with Crippen molar-refractivity contribution < 1.29 is 49.3 Å². The second kappa shape index (κ2) is 16.1. The maximum atomic E-state index is 12.9. The van der Waals surface area contributed by atoms with Crippen LogP contribution in [0.15, 0.2) is 30.3 Å². The van der Waals surface area contributed by atoms with Crippen LogP contribution in [0.3, 0.4) is 0 Å². The molecule has 0 bridgehead atoms. The Balaban J connectivity index is 1.70. The lowest BCUT2D eigenvalue weighted by molar-refractivity contribution is -0.366. The molecule has 1 unspecified atom stereocenters. The molecule has 0 aromatic heterocycles. The molecule has 0 aliphatic carbocycles. The minimum Gasteiger partial charge on any atom is -0.388 e. The zero-order valence-electron chi connectivity index (χ0n) is 23.7. The molecule has 0 radical (unpaired) electrons. The van der Waals surface area contributed by atoms with Crippen LogP contribution in [0.2, 0.25) is 0 Å². The van der Waals surface area contributed by atoms with E-state index in [1.165, 1.54) is 6.92 Å². The predicted octanol–water partition coefficient (Wildman–Crippen LogP) is 1.12. The summed E-state index contributed by atoms with van der Waals surface area (Å²) >= 11 is 0. The molecule has 2 aliphatic heterocycles. The van der Waals surface area contributed by atoms with E-state index >= 15 is 0 Å². The largest absolute Gasteiger partial charge is 0.388 e. The highest BCUT2D eigenvalue weighted by Gasteiger charge is 2.50. The third kappa shape index (κ3) is 9.17. The summed E-state index contributed by atoms with van der Waals surface area (Å²) in [4.78, 5) is 12.9. The van der Waals surface area contributed by atoms with Gasteiger partial charge in [-0.15, -0.1) is 0 Å². The van der Waals surface area contributed by atoms with Gasteiger partial charge < -0.3 is 49.8 Å². The number of ether oxygens (including phenoxy) is 4. The Morgan fingerprint density at radius 1 is 0.850 bits per heavy atom. The molecule has 228 valence electrons. The van der Waals surface area contributed by atoms with Crippen molar-refractivity contribution in [3.63, 3.8) is 0 Å². The van der Waals surface area contributed by atoms with Crippen molar-refractivity contribution in [2.75, 3.05) is 0 Å². The van der Waals surface area contributed by atoms with E-state index in [4.69, 9.17) is 18.9 Å². The quantitative estimate of drug-likeness (QED) is 0.179. The average molecular weight is 570 g/mol. The lowest BCUT2D eigenvalue weighted by atomic mass is 9.97. The fourth-order valence-corrected chi connectivity index (χ4v) is 5.00. The Kier molecular flexibility index (Phi) is 13.2. The number of unbranched alkanes of at least 4 members (excludes halogenated alkanes) is 4. The predicted molar refractivity (Wildman–Crippen MR) is 145 cm³/mol. The maximum absolute atomic E-state index is 12.9. The topological polar surface area (TPSA) is 167 Å². The Labute approximate surface area is 236 Å². The van der Waals surface area contributed by atoms with Gasteiger partial charge >= 0.3 is 0 Å². The summed E-state index contributed by atoms with van der Waals surface area (Å²) in [5.74, 6) is -0.207. The number of amides is 1. The molecule has 11 heteroatoms. The monoisotopic (exact) mass is 569 g/mol. The van der Waals surface area contributed by atoms with Gasteiger partial charge in [0.25, 0.3) is 0 Å². The van der Waals surface area contributed by atoms with E-state index in [1.807, 2.05) is 30.3 Å². The molecular formula is C29H47NO10. The van der Waals surface area contributed by atoms with E-state index in [2.05, 4.69) is 12.2 Å². The Bertz CT molecular complexity index is 876. The normalized spacial score (nSPS) is 35.3. The Morgan fingerprint density at radius 3 is 2.15 bits per heavy atom. The SMILES string of the molecule is CCCCCCCC(CC(=O)NCc1ccccc1)O[C@@H]1O[C@@H](C)[C@H](O)[C@@H](O)[C@H]1O[C@H]1O[C@@H](C)[C@@H](O)[C@H](O)[C@@H]1O. The third-order valence-corrected chi connectivity index (χ3v) is 7.59. The molecule has 40 heavy (non-hydrogen) atoms. The highest BCUT2D eigenvalue weighted by molar-refractivity contribution is 5.76. The Morgan fingerprint density at radius 2 is 1.48 bits per heavy atom. The molecule has 11 nitrogen and oxygen atoms in total. The van der Waals surface area contributed by atoms with Crippen molar-refractivity contribution in [1.29, 1.82) is 0 Å². The van der Waals surface area contributed by atoms with Crippen LogP contribution in [0, 0.1) is 0 Å². The smallest absolute Gasteiger partial charge is 0.222 e.